The average molecular weight is 287 g/mol. The molecule has 0 atom stereocenters. The topological polar surface area (TPSA) is 88.6 Å². The molecule has 1 aromatic heterocycles. The van der Waals surface area contributed by atoms with Crippen LogP contribution in [0.4, 0.5) is 10.1 Å². The van der Waals surface area contributed by atoms with E-state index in [2.05, 4.69) is 15.2 Å². The van der Waals surface area contributed by atoms with Crippen molar-refractivity contribution in [1.82, 2.24) is 15.2 Å². The van der Waals surface area contributed by atoms with E-state index in [1.165, 1.54) is 6.07 Å². The summed E-state index contributed by atoms with van der Waals surface area (Å²) in [7, 11) is 0. The Kier molecular flexibility index (Phi) is 3.44. The van der Waals surface area contributed by atoms with Gasteiger partial charge in [-0.2, -0.15) is 10.4 Å². The lowest BCUT2D eigenvalue weighted by molar-refractivity contribution is 0.486. The van der Waals surface area contributed by atoms with Crippen LogP contribution in [0.25, 0.3) is 0 Å². The molecule has 0 bridgehead atoms. The number of aromatic nitrogens is 3. The van der Waals surface area contributed by atoms with Gasteiger partial charge in [-0.15, -0.1) is 0 Å². The maximum absolute atomic E-state index is 13.6. The van der Waals surface area contributed by atoms with Crippen LogP contribution in [0.15, 0.2) is 23.0 Å². The summed E-state index contributed by atoms with van der Waals surface area (Å²) < 4.78 is 13.6. The Balaban J connectivity index is 1.76. The molecular formula is C14H14FN5O. The van der Waals surface area contributed by atoms with Crippen LogP contribution in [0, 0.1) is 17.1 Å². The first kappa shape index (κ1) is 13.4. The van der Waals surface area contributed by atoms with Gasteiger partial charge >= 0.3 is 5.69 Å². The lowest BCUT2D eigenvalue weighted by Crippen LogP contribution is -2.33. The van der Waals surface area contributed by atoms with Gasteiger partial charge in [0.2, 0.25) is 0 Å². The largest absolute Gasteiger partial charge is 0.370 e. The van der Waals surface area contributed by atoms with Crippen molar-refractivity contribution in [2.45, 2.75) is 18.8 Å². The molecule has 0 radical (unpaired) electrons. The Morgan fingerprint density at radius 1 is 1.38 bits per heavy atom. The summed E-state index contributed by atoms with van der Waals surface area (Å²) in [6, 6.07) is 6.60. The quantitative estimate of drug-likeness (QED) is 0.876. The van der Waals surface area contributed by atoms with Crippen molar-refractivity contribution in [3.8, 4) is 6.07 Å². The van der Waals surface area contributed by atoms with Crippen LogP contribution in [0.1, 0.15) is 30.1 Å². The highest BCUT2D eigenvalue weighted by Gasteiger charge is 2.25. The van der Waals surface area contributed by atoms with Gasteiger partial charge in [-0.1, -0.05) is 6.07 Å². The number of piperidine rings is 1. The van der Waals surface area contributed by atoms with Crippen molar-refractivity contribution in [3.63, 3.8) is 0 Å². The molecule has 21 heavy (non-hydrogen) atoms. The fourth-order valence-electron chi connectivity index (χ4n) is 2.76. The van der Waals surface area contributed by atoms with E-state index in [1.54, 1.807) is 12.1 Å². The number of hydrogen-bond acceptors (Lipinski definition) is 4. The Morgan fingerprint density at radius 2 is 2.14 bits per heavy atom. The predicted octanol–water partition coefficient (Wildman–Crippen LogP) is 1.49. The van der Waals surface area contributed by atoms with Crippen LogP contribution in [-0.4, -0.2) is 28.3 Å². The zero-order valence-corrected chi connectivity index (χ0v) is 11.3. The Hall–Kier alpha value is -2.62. The highest BCUT2D eigenvalue weighted by Crippen LogP contribution is 2.30. The van der Waals surface area contributed by atoms with E-state index in [1.807, 2.05) is 11.0 Å². The van der Waals surface area contributed by atoms with Crippen molar-refractivity contribution in [1.29, 1.82) is 5.26 Å². The standard InChI is InChI=1S/C14H14FN5O/c15-11-2-1-3-12(10(11)8-16)20-6-4-9(5-7-20)13-17-14(21)19-18-13/h1-3,9H,4-7H2,(H2,17,18,19,21). The number of nitrogens with zero attached hydrogens (tertiary/aromatic N) is 3. The Labute approximate surface area is 120 Å². The minimum Gasteiger partial charge on any atom is -0.370 e. The number of rotatable bonds is 2. The van der Waals surface area contributed by atoms with Crippen LogP contribution in [-0.2, 0) is 0 Å². The van der Waals surface area contributed by atoms with E-state index in [4.69, 9.17) is 5.26 Å². The SMILES string of the molecule is N#Cc1c(F)cccc1N1CCC(c2n[nH]c(=O)[nH]2)CC1. The molecule has 0 amide bonds. The zero-order chi connectivity index (χ0) is 14.8. The first-order valence-electron chi connectivity index (χ1n) is 6.77. The van der Waals surface area contributed by atoms with Gasteiger partial charge in [-0.05, 0) is 25.0 Å². The fourth-order valence-corrected chi connectivity index (χ4v) is 2.76. The molecule has 1 aliphatic rings. The molecule has 1 aromatic carbocycles. The minimum absolute atomic E-state index is 0.0872. The first-order chi connectivity index (χ1) is 10.2. The molecule has 108 valence electrons. The minimum atomic E-state index is -0.492. The predicted molar refractivity (Wildman–Crippen MR) is 74.5 cm³/mol. The Morgan fingerprint density at radius 3 is 2.76 bits per heavy atom. The van der Waals surface area contributed by atoms with E-state index >= 15 is 0 Å². The second kappa shape index (κ2) is 5.40. The Bertz CT molecular complexity index is 736. The molecule has 2 aromatic rings. The molecule has 2 N–H and O–H groups in total. The van der Waals surface area contributed by atoms with E-state index < -0.39 is 5.82 Å². The molecule has 1 fully saturated rings. The van der Waals surface area contributed by atoms with E-state index in [0.717, 1.165) is 12.8 Å². The lowest BCUT2D eigenvalue weighted by Gasteiger charge is -2.33. The van der Waals surface area contributed by atoms with Gasteiger partial charge in [0.25, 0.3) is 0 Å². The van der Waals surface area contributed by atoms with Crippen LogP contribution in [0.5, 0.6) is 0 Å². The van der Waals surface area contributed by atoms with Crippen LogP contribution in [0.2, 0.25) is 0 Å². The van der Waals surface area contributed by atoms with Crippen LogP contribution >= 0.6 is 0 Å². The fraction of sp³-hybridized carbons (Fsp3) is 0.357. The summed E-state index contributed by atoms with van der Waals surface area (Å²) in [5.41, 5.74) is 0.417. The van der Waals surface area contributed by atoms with Gasteiger partial charge in [0, 0.05) is 19.0 Å². The molecule has 0 spiro atoms. The third-order valence-electron chi connectivity index (χ3n) is 3.85. The molecule has 3 rings (SSSR count). The number of aromatic amines is 2. The molecule has 1 aliphatic heterocycles. The maximum atomic E-state index is 13.6. The van der Waals surface area contributed by atoms with Crippen LogP contribution in [0.3, 0.4) is 0 Å². The number of benzene rings is 1. The maximum Gasteiger partial charge on any atom is 0.340 e. The number of nitriles is 1. The number of nitrogens with one attached hydrogen (secondary N) is 2. The highest BCUT2D eigenvalue weighted by molar-refractivity contribution is 5.60. The monoisotopic (exact) mass is 287 g/mol. The van der Waals surface area contributed by atoms with E-state index in [-0.39, 0.29) is 17.2 Å². The van der Waals surface area contributed by atoms with Crippen molar-refractivity contribution in [2.24, 2.45) is 0 Å². The van der Waals surface area contributed by atoms with E-state index in [9.17, 15) is 9.18 Å². The summed E-state index contributed by atoms with van der Waals surface area (Å²) in [5.74, 6) is 0.354. The highest BCUT2D eigenvalue weighted by atomic mass is 19.1. The lowest BCUT2D eigenvalue weighted by atomic mass is 9.95. The summed E-state index contributed by atoms with van der Waals surface area (Å²) in [6.07, 6.45) is 1.59. The van der Waals surface area contributed by atoms with Crippen molar-refractivity contribution >= 4 is 5.69 Å². The number of halogens is 1. The zero-order valence-electron chi connectivity index (χ0n) is 11.3. The summed E-state index contributed by atoms with van der Waals surface area (Å²) in [5, 5.41) is 15.4. The smallest absolute Gasteiger partial charge is 0.340 e. The first-order valence-corrected chi connectivity index (χ1v) is 6.77. The van der Waals surface area contributed by atoms with Gasteiger partial charge in [-0.25, -0.2) is 14.3 Å². The normalized spacial score (nSPS) is 15.9. The molecule has 7 heteroatoms. The third kappa shape index (κ3) is 2.52. The molecule has 0 saturated carbocycles. The average Bonchev–Trinajstić information content (AvgIpc) is 2.94. The van der Waals surface area contributed by atoms with Crippen molar-refractivity contribution in [3.05, 3.63) is 45.9 Å². The molecule has 0 aliphatic carbocycles. The summed E-state index contributed by atoms with van der Waals surface area (Å²) in [6.45, 7) is 1.38. The van der Waals surface area contributed by atoms with Crippen molar-refractivity contribution in [2.75, 3.05) is 18.0 Å². The number of anilines is 1. The van der Waals surface area contributed by atoms with E-state index in [0.29, 0.717) is 24.6 Å². The molecule has 1 saturated heterocycles. The summed E-state index contributed by atoms with van der Waals surface area (Å²) in [4.78, 5) is 15.8. The van der Waals surface area contributed by atoms with Gasteiger partial charge < -0.3 is 4.90 Å². The summed E-state index contributed by atoms with van der Waals surface area (Å²) >= 11 is 0. The van der Waals surface area contributed by atoms with Gasteiger partial charge in [-0.3, -0.25) is 4.98 Å². The molecule has 6 nitrogen and oxygen atoms in total. The van der Waals surface area contributed by atoms with Gasteiger partial charge in [0.05, 0.1) is 5.69 Å². The second-order valence-electron chi connectivity index (χ2n) is 5.07. The van der Waals surface area contributed by atoms with Gasteiger partial charge in [0.15, 0.2) is 0 Å². The van der Waals surface area contributed by atoms with Gasteiger partial charge in [0.1, 0.15) is 23.3 Å². The number of H-pyrrole nitrogens is 2. The molecule has 0 unspecified atom stereocenters. The molecular weight excluding hydrogens is 273 g/mol. The van der Waals surface area contributed by atoms with Crippen LogP contribution < -0.4 is 10.6 Å². The van der Waals surface area contributed by atoms with Crippen molar-refractivity contribution < 1.29 is 4.39 Å². The third-order valence-corrected chi connectivity index (χ3v) is 3.85. The second-order valence-corrected chi connectivity index (χ2v) is 5.07. The molecule has 2 heterocycles. The number of hydrogen-bond donors (Lipinski definition) is 2.